The maximum Gasteiger partial charge on any atom is 0.404 e. The molecule has 0 aromatic heterocycles. The van der Waals surface area contributed by atoms with Crippen molar-refractivity contribution in [2.45, 2.75) is 33.2 Å². The van der Waals surface area contributed by atoms with Crippen molar-refractivity contribution in [3.8, 4) is 0 Å². The summed E-state index contributed by atoms with van der Waals surface area (Å²) in [6.45, 7) is 5.85. The van der Waals surface area contributed by atoms with Gasteiger partial charge in [0.1, 0.15) is 0 Å². The van der Waals surface area contributed by atoms with E-state index >= 15 is 0 Å². The van der Waals surface area contributed by atoms with E-state index in [9.17, 15) is 4.79 Å². The highest BCUT2D eigenvalue weighted by molar-refractivity contribution is 5.64. The fourth-order valence-electron chi connectivity index (χ4n) is 1.08. The van der Waals surface area contributed by atoms with Crippen LogP contribution in [0.1, 0.15) is 27.2 Å². The van der Waals surface area contributed by atoms with Gasteiger partial charge in [-0.25, -0.2) is 4.79 Å². The summed E-state index contributed by atoms with van der Waals surface area (Å²) in [5.41, 5.74) is 0.0237. The molecule has 3 N–H and O–H groups in total. The standard InChI is InChI=1S/C8H17NO3/c1-8(2,3)4-6(5-10)9-7(11)12/h6,9-10H,4-5H2,1-3H3,(H,11,12)/t6-/m0/s1. The number of aliphatic hydroxyl groups excluding tert-OH is 1. The van der Waals surface area contributed by atoms with Crippen LogP contribution in [0.5, 0.6) is 0 Å². The van der Waals surface area contributed by atoms with E-state index in [1.165, 1.54) is 0 Å². The quantitative estimate of drug-likeness (QED) is 0.600. The topological polar surface area (TPSA) is 69.6 Å². The number of hydrogen-bond acceptors (Lipinski definition) is 2. The lowest BCUT2D eigenvalue weighted by atomic mass is 9.88. The smallest absolute Gasteiger partial charge is 0.404 e. The van der Waals surface area contributed by atoms with Gasteiger partial charge in [0.2, 0.25) is 0 Å². The molecule has 0 radical (unpaired) electrons. The first-order valence-corrected chi connectivity index (χ1v) is 3.95. The molecule has 1 atom stereocenters. The average Bonchev–Trinajstić information content (AvgIpc) is 1.82. The number of carbonyl (C=O) groups is 1. The monoisotopic (exact) mass is 175 g/mol. The molecule has 0 aromatic carbocycles. The Bertz CT molecular complexity index is 151. The summed E-state index contributed by atoms with van der Waals surface area (Å²) in [5, 5.41) is 19.5. The SMILES string of the molecule is CC(C)(C)C[C@@H](CO)NC(=O)O. The summed E-state index contributed by atoms with van der Waals surface area (Å²) in [5.74, 6) is 0. The van der Waals surface area contributed by atoms with Crippen LogP contribution < -0.4 is 5.32 Å². The maximum atomic E-state index is 10.2. The van der Waals surface area contributed by atoms with Crippen molar-refractivity contribution >= 4 is 6.09 Å². The molecular weight excluding hydrogens is 158 g/mol. The van der Waals surface area contributed by atoms with Crippen molar-refractivity contribution in [3.05, 3.63) is 0 Å². The van der Waals surface area contributed by atoms with Crippen LogP contribution in [0, 0.1) is 5.41 Å². The van der Waals surface area contributed by atoms with Crippen LogP contribution in [0.4, 0.5) is 4.79 Å². The molecule has 72 valence electrons. The van der Waals surface area contributed by atoms with Crippen LogP contribution in [0.25, 0.3) is 0 Å². The third-order valence-electron chi connectivity index (χ3n) is 1.41. The van der Waals surface area contributed by atoms with E-state index in [1.54, 1.807) is 0 Å². The average molecular weight is 175 g/mol. The second-order valence-corrected chi connectivity index (χ2v) is 4.09. The lowest BCUT2D eigenvalue weighted by Gasteiger charge is -2.24. The van der Waals surface area contributed by atoms with Gasteiger partial charge in [-0.05, 0) is 11.8 Å². The van der Waals surface area contributed by atoms with E-state index in [0.717, 1.165) is 0 Å². The summed E-state index contributed by atoms with van der Waals surface area (Å²) in [4.78, 5) is 10.2. The maximum absolute atomic E-state index is 10.2. The first-order chi connectivity index (χ1) is 5.35. The largest absolute Gasteiger partial charge is 0.465 e. The van der Waals surface area contributed by atoms with E-state index in [2.05, 4.69) is 5.32 Å². The second-order valence-electron chi connectivity index (χ2n) is 4.09. The van der Waals surface area contributed by atoms with Gasteiger partial charge in [0.05, 0.1) is 12.6 Å². The number of rotatable bonds is 3. The van der Waals surface area contributed by atoms with Gasteiger partial charge in [-0.2, -0.15) is 0 Å². The summed E-state index contributed by atoms with van der Waals surface area (Å²) in [6, 6.07) is -0.359. The number of nitrogens with one attached hydrogen (secondary N) is 1. The Balaban J connectivity index is 3.92. The van der Waals surface area contributed by atoms with Crippen molar-refractivity contribution in [1.82, 2.24) is 5.32 Å². The fourth-order valence-corrected chi connectivity index (χ4v) is 1.08. The summed E-state index contributed by atoms with van der Waals surface area (Å²) in [7, 11) is 0. The third kappa shape index (κ3) is 5.97. The van der Waals surface area contributed by atoms with Crippen LogP contribution in [0.3, 0.4) is 0 Å². The number of amides is 1. The number of carboxylic acid groups (broad SMARTS) is 1. The molecule has 0 aliphatic rings. The van der Waals surface area contributed by atoms with E-state index < -0.39 is 6.09 Å². The van der Waals surface area contributed by atoms with Crippen LogP contribution in [-0.2, 0) is 0 Å². The highest BCUT2D eigenvalue weighted by Gasteiger charge is 2.19. The van der Waals surface area contributed by atoms with Gasteiger partial charge in [0.15, 0.2) is 0 Å². The minimum absolute atomic E-state index is 0.0237. The van der Waals surface area contributed by atoms with Crippen LogP contribution in [0.15, 0.2) is 0 Å². The van der Waals surface area contributed by atoms with Crippen molar-refractivity contribution in [1.29, 1.82) is 0 Å². The Morgan fingerprint density at radius 3 is 2.25 bits per heavy atom. The van der Waals surface area contributed by atoms with Gasteiger partial charge in [0, 0.05) is 0 Å². The number of aliphatic hydroxyl groups is 1. The molecule has 0 aliphatic carbocycles. The molecular formula is C8H17NO3. The van der Waals surface area contributed by atoms with Crippen molar-refractivity contribution in [2.24, 2.45) is 5.41 Å². The molecule has 0 saturated carbocycles. The van der Waals surface area contributed by atoms with Crippen LogP contribution in [0.2, 0.25) is 0 Å². The zero-order valence-corrected chi connectivity index (χ0v) is 7.79. The van der Waals surface area contributed by atoms with E-state index in [4.69, 9.17) is 10.2 Å². The van der Waals surface area contributed by atoms with Crippen LogP contribution in [-0.4, -0.2) is 29.0 Å². The molecule has 0 aliphatic heterocycles. The number of hydrogen-bond donors (Lipinski definition) is 3. The molecule has 1 amide bonds. The molecule has 4 nitrogen and oxygen atoms in total. The van der Waals surface area contributed by atoms with Crippen molar-refractivity contribution in [2.75, 3.05) is 6.61 Å². The van der Waals surface area contributed by atoms with Gasteiger partial charge in [-0.3, -0.25) is 0 Å². The minimum atomic E-state index is -1.08. The normalized spacial score (nSPS) is 14.0. The van der Waals surface area contributed by atoms with Gasteiger partial charge in [-0.1, -0.05) is 20.8 Å². The second kappa shape index (κ2) is 4.30. The summed E-state index contributed by atoms with van der Waals surface area (Å²) < 4.78 is 0. The first kappa shape index (κ1) is 11.2. The molecule has 4 heteroatoms. The highest BCUT2D eigenvalue weighted by atomic mass is 16.4. The lowest BCUT2D eigenvalue weighted by molar-refractivity contribution is 0.163. The minimum Gasteiger partial charge on any atom is -0.465 e. The van der Waals surface area contributed by atoms with E-state index in [-0.39, 0.29) is 18.1 Å². The Labute approximate surface area is 72.6 Å². The van der Waals surface area contributed by atoms with Gasteiger partial charge < -0.3 is 15.5 Å². The van der Waals surface area contributed by atoms with E-state index in [1.807, 2.05) is 20.8 Å². The summed E-state index contributed by atoms with van der Waals surface area (Å²) in [6.07, 6.45) is -0.450. The zero-order valence-electron chi connectivity index (χ0n) is 7.79. The fraction of sp³-hybridized carbons (Fsp3) is 0.875. The molecule has 0 aromatic rings. The predicted octanol–water partition coefficient (Wildman–Crippen LogP) is 1.05. The van der Waals surface area contributed by atoms with Crippen molar-refractivity contribution < 1.29 is 15.0 Å². The van der Waals surface area contributed by atoms with Gasteiger partial charge in [0.25, 0.3) is 0 Å². The molecule has 0 saturated heterocycles. The summed E-state index contributed by atoms with van der Waals surface area (Å²) >= 11 is 0. The predicted molar refractivity (Wildman–Crippen MR) is 46.1 cm³/mol. The van der Waals surface area contributed by atoms with Gasteiger partial charge >= 0.3 is 6.09 Å². The zero-order chi connectivity index (χ0) is 9.78. The molecule has 0 spiro atoms. The molecule has 12 heavy (non-hydrogen) atoms. The Hall–Kier alpha value is -0.770. The highest BCUT2D eigenvalue weighted by Crippen LogP contribution is 2.20. The lowest BCUT2D eigenvalue weighted by Crippen LogP contribution is -2.39. The Morgan fingerprint density at radius 1 is 1.50 bits per heavy atom. The third-order valence-corrected chi connectivity index (χ3v) is 1.41. The molecule has 0 heterocycles. The molecule has 0 unspecified atom stereocenters. The Kier molecular flexibility index (Phi) is 4.03. The Morgan fingerprint density at radius 2 is 2.00 bits per heavy atom. The first-order valence-electron chi connectivity index (χ1n) is 3.95. The van der Waals surface area contributed by atoms with Crippen LogP contribution >= 0.6 is 0 Å². The molecule has 0 fully saturated rings. The van der Waals surface area contributed by atoms with Crippen molar-refractivity contribution in [3.63, 3.8) is 0 Å². The molecule has 0 bridgehead atoms. The van der Waals surface area contributed by atoms with E-state index in [0.29, 0.717) is 6.42 Å². The molecule has 0 rings (SSSR count). The van der Waals surface area contributed by atoms with Gasteiger partial charge in [-0.15, -0.1) is 0 Å².